The molecule has 2 N–H and O–H groups in total. The molecular weight excluding hydrogens is 318 g/mol. The number of aliphatic imine (C=N–C) groups is 1. The smallest absolute Gasteiger partial charge is 0.263 e. The van der Waals surface area contributed by atoms with E-state index in [9.17, 15) is 9.59 Å². The standard InChI is InChI=1S/C18H15N5O2/c24-16(20-12-6-2-1-3-7-12)10-15-18(25)22-21-17-13-8-4-5-9-14(13)19-11-23(15)17/h1-9,11,15H,10H2,(H,20,24)(H,22,25). The molecule has 0 spiro atoms. The normalized spacial score (nSPS) is 17.9. The summed E-state index contributed by atoms with van der Waals surface area (Å²) in [6.07, 6.45) is 1.55. The summed E-state index contributed by atoms with van der Waals surface area (Å²) in [5.41, 5.74) is 4.79. The Bertz CT molecular complexity index is 891. The highest BCUT2D eigenvalue weighted by Crippen LogP contribution is 2.27. The molecule has 0 aliphatic carbocycles. The third kappa shape index (κ3) is 2.87. The topological polar surface area (TPSA) is 86.2 Å². The molecule has 0 saturated carbocycles. The molecule has 25 heavy (non-hydrogen) atoms. The van der Waals surface area contributed by atoms with Crippen LogP contribution in [-0.4, -0.2) is 34.9 Å². The number of amides is 2. The maximum absolute atomic E-state index is 12.3. The molecule has 1 atom stereocenters. The van der Waals surface area contributed by atoms with Crippen molar-refractivity contribution in [3.63, 3.8) is 0 Å². The van der Waals surface area contributed by atoms with Crippen LogP contribution in [0.2, 0.25) is 0 Å². The molecular formula is C18H15N5O2. The molecule has 1 unspecified atom stereocenters. The highest BCUT2D eigenvalue weighted by Gasteiger charge is 2.36. The van der Waals surface area contributed by atoms with Gasteiger partial charge in [0.2, 0.25) is 5.91 Å². The number of benzene rings is 2. The molecule has 2 heterocycles. The fourth-order valence-corrected chi connectivity index (χ4v) is 2.85. The molecule has 7 heteroatoms. The Morgan fingerprint density at radius 3 is 2.72 bits per heavy atom. The van der Waals surface area contributed by atoms with Gasteiger partial charge in [-0.15, -0.1) is 0 Å². The molecule has 0 aromatic heterocycles. The predicted octanol–water partition coefficient (Wildman–Crippen LogP) is 1.85. The van der Waals surface area contributed by atoms with Crippen LogP contribution in [0.4, 0.5) is 11.4 Å². The Hall–Kier alpha value is -3.48. The highest BCUT2D eigenvalue weighted by atomic mass is 16.2. The van der Waals surface area contributed by atoms with E-state index in [1.165, 1.54) is 0 Å². The number of carbonyl (C=O) groups excluding carboxylic acids is 2. The molecule has 0 bridgehead atoms. The van der Waals surface area contributed by atoms with Gasteiger partial charge in [-0.25, -0.2) is 10.4 Å². The summed E-state index contributed by atoms with van der Waals surface area (Å²) < 4.78 is 0. The van der Waals surface area contributed by atoms with Gasteiger partial charge in [-0.1, -0.05) is 30.3 Å². The van der Waals surface area contributed by atoms with Crippen molar-refractivity contribution >= 4 is 35.4 Å². The van der Waals surface area contributed by atoms with E-state index in [1.807, 2.05) is 42.5 Å². The largest absolute Gasteiger partial charge is 0.326 e. The molecule has 124 valence electrons. The summed E-state index contributed by atoms with van der Waals surface area (Å²) in [5.74, 6) is 0.000336. The second-order valence-corrected chi connectivity index (χ2v) is 5.71. The van der Waals surface area contributed by atoms with E-state index in [0.717, 1.165) is 11.3 Å². The first-order valence-electron chi connectivity index (χ1n) is 7.87. The molecule has 0 fully saturated rings. The zero-order valence-electron chi connectivity index (χ0n) is 13.2. The molecule has 4 rings (SSSR count). The number of fused-ring (bicyclic) bond motifs is 3. The Labute approximate surface area is 144 Å². The van der Waals surface area contributed by atoms with Crippen LogP contribution >= 0.6 is 0 Å². The third-order valence-corrected chi connectivity index (χ3v) is 4.06. The van der Waals surface area contributed by atoms with E-state index >= 15 is 0 Å². The highest BCUT2D eigenvalue weighted by molar-refractivity contribution is 6.14. The lowest BCUT2D eigenvalue weighted by atomic mass is 10.1. The molecule has 2 aliphatic heterocycles. The molecule has 2 amide bonds. The summed E-state index contributed by atoms with van der Waals surface area (Å²) in [5, 5.41) is 6.93. The Morgan fingerprint density at radius 2 is 1.88 bits per heavy atom. The fraction of sp³-hybridized carbons (Fsp3) is 0.111. The number of nitrogens with zero attached hydrogens (tertiary/aromatic N) is 3. The van der Waals surface area contributed by atoms with Gasteiger partial charge in [-0.05, 0) is 24.3 Å². The van der Waals surface area contributed by atoms with Crippen LogP contribution in [0.5, 0.6) is 0 Å². The first kappa shape index (κ1) is 15.1. The van der Waals surface area contributed by atoms with E-state index < -0.39 is 6.04 Å². The zero-order valence-corrected chi connectivity index (χ0v) is 13.2. The van der Waals surface area contributed by atoms with E-state index in [-0.39, 0.29) is 18.2 Å². The van der Waals surface area contributed by atoms with Gasteiger partial charge in [0, 0.05) is 11.3 Å². The Morgan fingerprint density at radius 1 is 1.12 bits per heavy atom. The SMILES string of the molecule is O=C(CC1C(=O)NN=C2c3ccccc3N=CN21)Nc1ccccc1. The van der Waals surface area contributed by atoms with Crippen LogP contribution in [-0.2, 0) is 9.59 Å². The fourth-order valence-electron chi connectivity index (χ4n) is 2.85. The van der Waals surface area contributed by atoms with Gasteiger partial charge in [-0.3, -0.25) is 9.59 Å². The number of rotatable bonds is 3. The van der Waals surface area contributed by atoms with Crippen LogP contribution in [0, 0.1) is 0 Å². The van der Waals surface area contributed by atoms with Crippen molar-refractivity contribution in [1.29, 1.82) is 0 Å². The van der Waals surface area contributed by atoms with E-state index in [2.05, 4.69) is 20.8 Å². The van der Waals surface area contributed by atoms with Crippen molar-refractivity contribution in [2.24, 2.45) is 10.1 Å². The van der Waals surface area contributed by atoms with E-state index in [4.69, 9.17) is 0 Å². The average Bonchev–Trinajstić information content (AvgIpc) is 2.64. The first-order valence-corrected chi connectivity index (χ1v) is 7.87. The van der Waals surface area contributed by atoms with Crippen molar-refractivity contribution in [1.82, 2.24) is 10.3 Å². The Kier molecular flexibility index (Phi) is 3.74. The minimum Gasteiger partial charge on any atom is -0.326 e. The number of hydrazone groups is 1. The van der Waals surface area contributed by atoms with Gasteiger partial charge in [0.1, 0.15) is 6.04 Å². The van der Waals surface area contributed by atoms with Gasteiger partial charge in [0.05, 0.1) is 18.4 Å². The lowest BCUT2D eigenvalue weighted by Gasteiger charge is -2.34. The van der Waals surface area contributed by atoms with Crippen LogP contribution in [0.3, 0.4) is 0 Å². The summed E-state index contributed by atoms with van der Waals surface area (Å²) in [7, 11) is 0. The molecule has 2 aromatic rings. The second-order valence-electron chi connectivity index (χ2n) is 5.71. The van der Waals surface area contributed by atoms with Gasteiger partial charge in [-0.2, -0.15) is 5.10 Å². The zero-order chi connectivity index (χ0) is 17.2. The maximum Gasteiger partial charge on any atom is 0.263 e. The van der Waals surface area contributed by atoms with Crippen molar-refractivity contribution in [2.45, 2.75) is 12.5 Å². The average molecular weight is 333 g/mol. The molecule has 0 saturated heterocycles. The first-order chi connectivity index (χ1) is 12.2. The number of hydrogen-bond acceptors (Lipinski definition) is 5. The predicted molar refractivity (Wildman–Crippen MR) is 94.6 cm³/mol. The summed E-state index contributed by atoms with van der Waals surface area (Å²) in [6.45, 7) is 0. The number of nitrogens with one attached hydrogen (secondary N) is 2. The number of para-hydroxylation sites is 2. The van der Waals surface area contributed by atoms with Gasteiger partial charge in [0.25, 0.3) is 5.91 Å². The lowest BCUT2D eigenvalue weighted by Crippen LogP contribution is -2.54. The minimum absolute atomic E-state index is 0.00602. The third-order valence-electron chi connectivity index (χ3n) is 4.06. The van der Waals surface area contributed by atoms with Crippen molar-refractivity contribution in [3.8, 4) is 0 Å². The van der Waals surface area contributed by atoms with Gasteiger partial charge >= 0.3 is 0 Å². The second kappa shape index (κ2) is 6.20. The summed E-state index contributed by atoms with van der Waals surface area (Å²) in [4.78, 5) is 30.6. The van der Waals surface area contributed by atoms with Gasteiger partial charge < -0.3 is 10.2 Å². The maximum atomic E-state index is 12.3. The van der Waals surface area contributed by atoms with E-state index in [1.54, 1.807) is 23.4 Å². The van der Waals surface area contributed by atoms with Crippen LogP contribution in [0.15, 0.2) is 64.7 Å². The monoisotopic (exact) mass is 333 g/mol. The van der Waals surface area contributed by atoms with Crippen molar-refractivity contribution < 1.29 is 9.59 Å². The molecule has 7 nitrogen and oxygen atoms in total. The van der Waals surface area contributed by atoms with Crippen molar-refractivity contribution in [2.75, 3.05) is 5.32 Å². The summed E-state index contributed by atoms with van der Waals surface area (Å²) >= 11 is 0. The van der Waals surface area contributed by atoms with Crippen LogP contribution in [0.1, 0.15) is 12.0 Å². The van der Waals surface area contributed by atoms with E-state index in [0.29, 0.717) is 11.5 Å². The minimum atomic E-state index is -0.701. The van der Waals surface area contributed by atoms with Crippen molar-refractivity contribution in [3.05, 3.63) is 60.2 Å². The summed E-state index contributed by atoms with van der Waals surface area (Å²) in [6, 6.07) is 16.0. The number of carbonyl (C=O) groups is 2. The number of hydrogen-bond donors (Lipinski definition) is 2. The van der Waals surface area contributed by atoms with Crippen LogP contribution < -0.4 is 10.7 Å². The number of anilines is 1. The molecule has 0 radical (unpaired) electrons. The molecule has 2 aliphatic rings. The van der Waals surface area contributed by atoms with Gasteiger partial charge in [0.15, 0.2) is 5.84 Å². The van der Waals surface area contributed by atoms with Crippen LogP contribution in [0.25, 0.3) is 0 Å². The molecule has 2 aromatic carbocycles. The lowest BCUT2D eigenvalue weighted by molar-refractivity contribution is -0.128. The Balaban J connectivity index is 1.56. The number of amidine groups is 1. The quantitative estimate of drug-likeness (QED) is 0.899.